The van der Waals surface area contributed by atoms with Crippen LogP contribution in [0.3, 0.4) is 0 Å². The fraction of sp³-hybridized carbons (Fsp3) is 0.444. The molecule has 0 fully saturated rings. The van der Waals surface area contributed by atoms with Crippen molar-refractivity contribution < 1.29 is 5.11 Å². The van der Waals surface area contributed by atoms with Crippen molar-refractivity contribution in [2.45, 2.75) is 19.6 Å². The minimum Gasteiger partial charge on any atom is -0.392 e. The topological polar surface area (TPSA) is 45.1 Å². The number of halogens is 1. The molecule has 1 atom stereocenters. The summed E-state index contributed by atoms with van der Waals surface area (Å²) in [6, 6.07) is 3.66. The molecule has 1 rings (SSSR count). The van der Waals surface area contributed by atoms with Crippen LogP contribution in [-0.2, 0) is 6.54 Å². The quantitative estimate of drug-likeness (QED) is 0.719. The van der Waals surface area contributed by atoms with Gasteiger partial charge in [-0.05, 0) is 18.6 Å². The highest BCUT2D eigenvalue weighted by Gasteiger charge is 1.96. The van der Waals surface area contributed by atoms with Gasteiger partial charge in [0.25, 0.3) is 0 Å². The monoisotopic (exact) mass is 200 g/mol. The Labute approximate surface area is 82.8 Å². The molecule has 0 saturated heterocycles. The Kier molecular flexibility index (Phi) is 4.15. The van der Waals surface area contributed by atoms with E-state index in [1.807, 2.05) is 6.07 Å². The molecule has 0 aliphatic heterocycles. The molecule has 4 heteroatoms. The maximum atomic E-state index is 8.98. The molecule has 72 valence electrons. The van der Waals surface area contributed by atoms with Crippen molar-refractivity contribution in [3.8, 4) is 0 Å². The zero-order valence-electron chi connectivity index (χ0n) is 7.50. The summed E-state index contributed by atoms with van der Waals surface area (Å²) < 4.78 is 0. The van der Waals surface area contributed by atoms with E-state index in [0.717, 1.165) is 5.56 Å². The second-order valence-electron chi connectivity index (χ2n) is 2.97. The van der Waals surface area contributed by atoms with E-state index >= 15 is 0 Å². The molecule has 1 aromatic heterocycles. The minimum atomic E-state index is -0.319. The molecule has 0 aromatic carbocycles. The first-order chi connectivity index (χ1) is 6.18. The lowest BCUT2D eigenvalue weighted by Gasteiger charge is -2.06. The zero-order chi connectivity index (χ0) is 9.68. The summed E-state index contributed by atoms with van der Waals surface area (Å²) in [5, 5.41) is 12.6. The predicted molar refractivity (Wildman–Crippen MR) is 52.6 cm³/mol. The van der Waals surface area contributed by atoms with Crippen LogP contribution in [0.4, 0.5) is 0 Å². The van der Waals surface area contributed by atoms with E-state index in [9.17, 15) is 0 Å². The second-order valence-corrected chi connectivity index (χ2v) is 3.36. The molecule has 2 N–H and O–H groups in total. The molecule has 0 saturated carbocycles. The molecule has 1 aromatic rings. The van der Waals surface area contributed by atoms with E-state index in [1.54, 1.807) is 19.2 Å². The first-order valence-electron chi connectivity index (χ1n) is 4.17. The Morgan fingerprint density at radius 2 is 2.38 bits per heavy atom. The lowest BCUT2D eigenvalue weighted by molar-refractivity contribution is 0.191. The third-order valence-corrected chi connectivity index (χ3v) is 1.78. The van der Waals surface area contributed by atoms with E-state index in [2.05, 4.69) is 10.3 Å². The van der Waals surface area contributed by atoms with Gasteiger partial charge in [0.2, 0.25) is 0 Å². The van der Waals surface area contributed by atoms with Crippen LogP contribution in [0, 0.1) is 0 Å². The number of aliphatic hydroxyl groups is 1. The summed E-state index contributed by atoms with van der Waals surface area (Å²) in [4.78, 5) is 3.94. The Morgan fingerprint density at radius 1 is 1.62 bits per heavy atom. The number of aromatic nitrogens is 1. The van der Waals surface area contributed by atoms with Crippen LogP contribution < -0.4 is 5.32 Å². The first-order valence-corrected chi connectivity index (χ1v) is 4.55. The lowest BCUT2D eigenvalue weighted by atomic mass is 10.3. The second kappa shape index (κ2) is 5.17. The van der Waals surface area contributed by atoms with E-state index in [-0.39, 0.29) is 6.10 Å². The minimum absolute atomic E-state index is 0.319. The first kappa shape index (κ1) is 10.4. The van der Waals surface area contributed by atoms with Gasteiger partial charge in [0.05, 0.1) is 6.10 Å². The van der Waals surface area contributed by atoms with Gasteiger partial charge in [-0.25, -0.2) is 4.98 Å². The summed E-state index contributed by atoms with van der Waals surface area (Å²) in [6.45, 7) is 3.03. The summed E-state index contributed by atoms with van der Waals surface area (Å²) in [7, 11) is 0. The van der Waals surface area contributed by atoms with E-state index < -0.39 is 0 Å². The molecule has 13 heavy (non-hydrogen) atoms. The van der Waals surface area contributed by atoms with Gasteiger partial charge in [0.15, 0.2) is 0 Å². The van der Waals surface area contributed by atoms with Crippen LogP contribution in [0.1, 0.15) is 12.5 Å². The fourth-order valence-corrected chi connectivity index (χ4v) is 1.05. The average molecular weight is 201 g/mol. The summed E-state index contributed by atoms with van der Waals surface area (Å²) >= 11 is 5.62. The highest BCUT2D eigenvalue weighted by molar-refractivity contribution is 6.29. The predicted octanol–water partition coefficient (Wildman–Crippen LogP) is 1.21. The molecule has 0 spiro atoms. The zero-order valence-corrected chi connectivity index (χ0v) is 8.25. The molecule has 0 radical (unpaired) electrons. The van der Waals surface area contributed by atoms with Crippen molar-refractivity contribution in [2.24, 2.45) is 0 Å². The van der Waals surface area contributed by atoms with Gasteiger partial charge < -0.3 is 10.4 Å². The highest BCUT2D eigenvalue weighted by Crippen LogP contribution is 2.04. The number of pyridine rings is 1. The van der Waals surface area contributed by atoms with Crippen LogP contribution >= 0.6 is 11.6 Å². The van der Waals surface area contributed by atoms with E-state index in [4.69, 9.17) is 16.7 Å². The Bertz CT molecular complexity index is 248. The maximum Gasteiger partial charge on any atom is 0.129 e. The van der Waals surface area contributed by atoms with Crippen molar-refractivity contribution in [3.05, 3.63) is 29.0 Å². The van der Waals surface area contributed by atoms with Gasteiger partial charge in [0.1, 0.15) is 5.15 Å². The van der Waals surface area contributed by atoms with Crippen LogP contribution in [0.25, 0.3) is 0 Å². The van der Waals surface area contributed by atoms with Gasteiger partial charge >= 0.3 is 0 Å². The number of hydrogen-bond donors (Lipinski definition) is 2. The Hall–Kier alpha value is -0.640. The van der Waals surface area contributed by atoms with Crippen LogP contribution in [0.15, 0.2) is 18.3 Å². The summed E-state index contributed by atoms with van der Waals surface area (Å²) in [5.41, 5.74) is 1.06. The van der Waals surface area contributed by atoms with Gasteiger partial charge in [0, 0.05) is 19.3 Å². The normalized spacial score (nSPS) is 12.8. The third kappa shape index (κ3) is 4.22. The van der Waals surface area contributed by atoms with Crippen LogP contribution in [0.5, 0.6) is 0 Å². The Balaban J connectivity index is 2.33. The molecular formula is C9H13ClN2O. The number of aliphatic hydroxyl groups excluding tert-OH is 1. The smallest absolute Gasteiger partial charge is 0.129 e. The lowest BCUT2D eigenvalue weighted by Crippen LogP contribution is -2.23. The molecular weight excluding hydrogens is 188 g/mol. The van der Waals surface area contributed by atoms with Crippen molar-refractivity contribution in [1.29, 1.82) is 0 Å². The van der Waals surface area contributed by atoms with Crippen molar-refractivity contribution in [3.63, 3.8) is 0 Å². The Morgan fingerprint density at radius 3 is 2.92 bits per heavy atom. The van der Waals surface area contributed by atoms with Gasteiger partial charge in [-0.3, -0.25) is 0 Å². The average Bonchev–Trinajstić information content (AvgIpc) is 2.08. The number of rotatable bonds is 4. The van der Waals surface area contributed by atoms with Gasteiger partial charge in [-0.1, -0.05) is 17.7 Å². The van der Waals surface area contributed by atoms with E-state index in [1.165, 1.54) is 0 Å². The standard InChI is InChI=1S/C9H13ClN2O/c1-7(13)4-11-5-8-2-3-9(10)12-6-8/h2-3,6-7,11,13H,4-5H2,1H3/t7-/m0/s1. The van der Waals surface area contributed by atoms with Crippen LogP contribution in [0.2, 0.25) is 5.15 Å². The third-order valence-electron chi connectivity index (χ3n) is 1.56. The SMILES string of the molecule is C[C@H](O)CNCc1ccc(Cl)nc1. The molecule has 0 aliphatic rings. The molecule has 0 aliphatic carbocycles. The molecule has 0 unspecified atom stereocenters. The van der Waals surface area contributed by atoms with Crippen molar-refractivity contribution in [2.75, 3.05) is 6.54 Å². The fourth-order valence-electron chi connectivity index (χ4n) is 0.936. The molecule has 0 bridgehead atoms. The number of nitrogens with one attached hydrogen (secondary N) is 1. The molecule has 0 amide bonds. The summed E-state index contributed by atoms with van der Waals surface area (Å²) in [5.74, 6) is 0. The van der Waals surface area contributed by atoms with Gasteiger partial charge in [-0.15, -0.1) is 0 Å². The van der Waals surface area contributed by atoms with Crippen LogP contribution in [-0.4, -0.2) is 22.7 Å². The van der Waals surface area contributed by atoms with Gasteiger partial charge in [-0.2, -0.15) is 0 Å². The van der Waals surface area contributed by atoms with Crippen molar-refractivity contribution in [1.82, 2.24) is 10.3 Å². The summed E-state index contributed by atoms with van der Waals surface area (Å²) in [6.07, 6.45) is 1.40. The van der Waals surface area contributed by atoms with E-state index in [0.29, 0.717) is 18.2 Å². The maximum absolute atomic E-state index is 8.98. The number of hydrogen-bond acceptors (Lipinski definition) is 3. The number of nitrogens with zero attached hydrogens (tertiary/aromatic N) is 1. The molecule has 3 nitrogen and oxygen atoms in total. The molecule has 1 heterocycles. The largest absolute Gasteiger partial charge is 0.392 e. The highest BCUT2D eigenvalue weighted by atomic mass is 35.5. The van der Waals surface area contributed by atoms with Crippen molar-refractivity contribution >= 4 is 11.6 Å².